The fraction of sp³-hybridized carbons (Fsp3) is 0.0909. The Kier molecular flexibility index (Phi) is 4.93. The van der Waals surface area contributed by atoms with E-state index in [9.17, 15) is 9.59 Å². The van der Waals surface area contributed by atoms with Crippen LogP contribution in [-0.2, 0) is 4.79 Å². The van der Waals surface area contributed by atoms with Crippen LogP contribution < -0.4 is 20.1 Å². The molecule has 3 aromatic carbocycles. The number of amides is 2. The van der Waals surface area contributed by atoms with Crippen molar-refractivity contribution in [1.82, 2.24) is 5.32 Å². The molecule has 0 bridgehead atoms. The van der Waals surface area contributed by atoms with Crippen LogP contribution in [0.3, 0.4) is 0 Å². The van der Waals surface area contributed by atoms with Gasteiger partial charge in [-0.05, 0) is 42.5 Å². The van der Waals surface area contributed by atoms with Gasteiger partial charge >= 0.3 is 0 Å². The maximum atomic E-state index is 12.6. The van der Waals surface area contributed by atoms with Gasteiger partial charge in [-0.25, -0.2) is 0 Å². The number of para-hydroxylation sites is 3. The van der Waals surface area contributed by atoms with Gasteiger partial charge < -0.3 is 20.1 Å². The monoisotopic (exact) mass is 374 g/mol. The quantitative estimate of drug-likeness (QED) is 0.731. The summed E-state index contributed by atoms with van der Waals surface area (Å²) in [6.45, 7) is 0.0504. The van der Waals surface area contributed by atoms with E-state index in [4.69, 9.17) is 9.47 Å². The molecule has 0 unspecified atom stereocenters. The molecule has 0 saturated carbocycles. The zero-order valence-corrected chi connectivity index (χ0v) is 14.9. The maximum absolute atomic E-state index is 12.6. The summed E-state index contributed by atoms with van der Waals surface area (Å²) in [5.41, 5.74) is 0.977. The average molecular weight is 374 g/mol. The Morgan fingerprint density at radius 3 is 2.57 bits per heavy atom. The molecule has 0 aliphatic carbocycles. The molecule has 0 radical (unpaired) electrons. The summed E-state index contributed by atoms with van der Waals surface area (Å²) in [7, 11) is 0. The number of rotatable bonds is 4. The normalized spacial score (nSPS) is 15.4. The molecule has 4 rings (SSSR count). The third-order valence-electron chi connectivity index (χ3n) is 4.25. The highest BCUT2D eigenvalue weighted by Gasteiger charge is 2.26. The van der Waals surface area contributed by atoms with Crippen LogP contribution in [0.15, 0.2) is 78.9 Å². The highest BCUT2D eigenvalue weighted by Crippen LogP contribution is 2.26. The molecule has 2 N–H and O–H groups in total. The van der Waals surface area contributed by atoms with E-state index in [-0.39, 0.29) is 18.4 Å². The van der Waals surface area contributed by atoms with Gasteiger partial charge in [0.2, 0.25) is 0 Å². The van der Waals surface area contributed by atoms with Crippen LogP contribution in [0.1, 0.15) is 10.4 Å². The van der Waals surface area contributed by atoms with E-state index in [2.05, 4.69) is 10.6 Å². The lowest BCUT2D eigenvalue weighted by atomic mass is 10.2. The van der Waals surface area contributed by atoms with E-state index in [1.807, 2.05) is 36.4 Å². The van der Waals surface area contributed by atoms with Gasteiger partial charge in [-0.1, -0.05) is 36.4 Å². The minimum absolute atomic E-state index is 0.0504. The van der Waals surface area contributed by atoms with Crippen molar-refractivity contribution >= 4 is 17.5 Å². The van der Waals surface area contributed by atoms with Gasteiger partial charge in [0.15, 0.2) is 0 Å². The number of carbonyl (C=O) groups excluding carboxylic acids is 2. The number of hydrogen-bond acceptors (Lipinski definition) is 4. The number of carbonyl (C=O) groups is 2. The molecule has 0 fully saturated rings. The summed E-state index contributed by atoms with van der Waals surface area (Å²) in [6.07, 6.45) is 0. The molecule has 1 aliphatic heterocycles. The summed E-state index contributed by atoms with van der Waals surface area (Å²) in [4.78, 5) is 25.1. The molecule has 140 valence electrons. The molecule has 28 heavy (non-hydrogen) atoms. The minimum Gasteiger partial charge on any atom is -0.489 e. The first-order valence-electron chi connectivity index (χ1n) is 8.85. The van der Waals surface area contributed by atoms with Gasteiger partial charge in [-0.3, -0.25) is 9.59 Å². The molecule has 1 atom stereocenters. The predicted molar refractivity (Wildman–Crippen MR) is 105 cm³/mol. The third-order valence-corrected chi connectivity index (χ3v) is 4.25. The summed E-state index contributed by atoms with van der Waals surface area (Å²) in [5.74, 6) is 1.08. The Morgan fingerprint density at radius 1 is 0.964 bits per heavy atom. The Hall–Kier alpha value is -3.80. The fourth-order valence-electron chi connectivity index (χ4n) is 2.84. The van der Waals surface area contributed by atoms with Gasteiger partial charge in [0.05, 0.1) is 5.69 Å². The first-order valence-corrected chi connectivity index (χ1v) is 8.85. The highest BCUT2D eigenvalue weighted by atomic mass is 16.5. The molecule has 6 nitrogen and oxygen atoms in total. The molecule has 6 heteroatoms. The van der Waals surface area contributed by atoms with Crippen molar-refractivity contribution in [2.75, 3.05) is 11.9 Å². The zero-order chi connectivity index (χ0) is 19.3. The van der Waals surface area contributed by atoms with E-state index in [0.717, 1.165) is 0 Å². The van der Waals surface area contributed by atoms with Crippen molar-refractivity contribution in [2.24, 2.45) is 0 Å². The van der Waals surface area contributed by atoms with Crippen LogP contribution in [0.5, 0.6) is 17.2 Å². The number of benzene rings is 3. The van der Waals surface area contributed by atoms with E-state index in [1.165, 1.54) is 0 Å². The van der Waals surface area contributed by atoms with Crippen LogP contribution in [0.2, 0.25) is 0 Å². The number of hydrogen-bond donors (Lipinski definition) is 2. The maximum Gasteiger partial charge on any atom is 0.252 e. The van der Waals surface area contributed by atoms with E-state index in [1.54, 1.807) is 42.5 Å². The van der Waals surface area contributed by atoms with Gasteiger partial charge in [0, 0.05) is 5.56 Å². The first kappa shape index (κ1) is 17.6. The van der Waals surface area contributed by atoms with Crippen LogP contribution in [-0.4, -0.2) is 24.5 Å². The summed E-state index contributed by atoms with van der Waals surface area (Å²) in [5, 5.41) is 5.49. The minimum atomic E-state index is -0.807. The topological polar surface area (TPSA) is 76.7 Å². The van der Waals surface area contributed by atoms with Gasteiger partial charge in [-0.15, -0.1) is 0 Å². The van der Waals surface area contributed by atoms with Crippen molar-refractivity contribution in [3.63, 3.8) is 0 Å². The van der Waals surface area contributed by atoms with E-state index < -0.39 is 6.04 Å². The molecule has 3 aromatic rings. The number of ether oxygens (including phenoxy) is 2. The SMILES string of the molecule is O=C(N[C@@H]1COc2ccccc2NC1=O)c1cccc(Oc2ccccc2)c1. The Bertz CT molecular complexity index is 1000. The molecule has 0 aromatic heterocycles. The lowest BCUT2D eigenvalue weighted by Crippen LogP contribution is -2.46. The van der Waals surface area contributed by atoms with Crippen LogP contribution in [0.4, 0.5) is 5.69 Å². The largest absolute Gasteiger partial charge is 0.489 e. The molecule has 0 saturated heterocycles. The lowest BCUT2D eigenvalue weighted by molar-refractivity contribution is -0.118. The van der Waals surface area contributed by atoms with Crippen LogP contribution in [0.25, 0.3) is 0 Å². The third kappa shape index (κ3) is 3.96. The van der Waals surface area contributed by atoms with Crippen molar-refractivity contribution in [3.05, 3.63) is 84.4 Å². The van der Waals surface area contributed by atoms with Crippen LogP contribution >= 0.6 is 0 Å². The molecule has 1 aliphatic rings. The Labute approximate surface area is 162 Å². The first-order chi connectivity index (χ1) is 13.7. The molecular weight excluding hydrogens is 356 g/mol. The second-order valence-electron chi connectivity index (χ2n) is 6.27. The van der Waals surface area contributed by atoms with Crippen molar-refractivity contribution in [2.45, 2.75) is 6.04 Å². The second kappa shape index (κ2) is 7.84. The van der Waals surface area contributed by atoms with Crippen molar-refractivity contribution in [3.8, 4) is 17.2 Å². The summed E-state index contributed by atoms with van der Waals surface area (Å²) < 4.78 is 11.4. The Morgan fingerprint density at radius 2 is 1.71 bits per heavy atom. The summed E-state index contributed by atoms with van der Waals surface area (Å²) >= 11 is 0. The van der Waals surface area contributed by atoms with Crippen molar-refractivity contribution < 1.29 is 19.1 Å². The standard InChI is InChI=1S/C22H18N2O4/c25-21(15-7-6-10-17(13-15)28-16-8-2-1-3-9-16)24-19-14-27-20-12-5-4-11-18(20)23-22(19)26/h1-13,19H,14H2,(H,23,26)(H,24,25)/t19-/m1/s1. The molecule has 1 heterocycles. The van der Waals surface area contributed by atoms with Crippen LogP contribution in [0, 0.1) is 0 Å². The van der Waals surface area contributed by atoms with Gasteiger partial charge in [-0.2, -0.15) is 0 Å². The molecular formula is C22H18N2O4. The fourth-order valence-corrected chi connectivity index (χ4v) is 2.84. The predicted octanol–water partition coefficient (Wildman–Crippen LogP) is 3.61. The van der Waals surface area contributed by atoms with E-state index >= 15 is 0 Å². The number of fused-ring (bicyclic) bond motifs is 1. The zero-order valence-electron chi connectivity index (χ0n) is 14.9. The highest BCUT2D eigenvalue weighted by molar-refractivity contribution is 6.02. The molecule has 2 amide bonds. The van der Waals surface area contributed by atoms with Crippen molar-refractivity contribution in [1.29, 1.82) is 0 Å². The second-order valence-corrected chi connectivity index (χ2v) is 6.27. The lowest BCUT2D eigenvalue weighted by Gasteiger charge is -2.15. The molecule has 0 spiro atoms. The average Bonchev–Trinajstić information content (AvgIpc) is 2.88. The Balaban J connectivity index is 1.45. The van der Waals surface area contributed by atoms with E-state index in [0.29, 0.717) is 28.5 Å². The van der Waals surface area contributed by atoms with Gasteiger partial charge in [0.25, 0.3) is 11.8 Å². The van der Waals surface area contributed by atoms with Gasteiger partial charge in [0.1, 0.15) is 29.9 Å². The smallest absolute Gasteiger partial charge is 0.252 e. The number of anilines is 1. The summed E-state index contributed by atoms with van der Waals surface area (Å²) in [6, 6.07) is 22.4. The number of nitrogens with one attached hydrogen (secondary N) is 2.